The monoisotopic (exact) mass is 229 g/mol. The average molecular weight is 229 g/mol. The maximum atomic E-state index is 8.75. The molecule has 0 unspecified atom stereocenters. The second kappa shape index (κ2) is 4.75. The molecule has 0 aliphatic carbocycles. The maximum absolute atomic E-state index is 8.75. The quantitative estimate of drug-likeness (QED) is 0.800. The van der Waals surface area contributed by atoms with Gasteiger partial charge < -0.3 is 4.90 Å². The van der Waals surface area contributed by atoms with Crippen molar-refractivity contribution < 1.29 is 0 Å². The Kier molecular flexibility index (Phi) is 3.33. The van der Waals surface area contributed by atoms with Crippen LogP contribution in [0, 0.1) is 16.7 Å². The predicted octanol–water partition coefficient (Wildman–Crippen LogP) is 2.97. The third kappa shape index (κ3) is 2.26. The van der Waals surface area contributed by atoms with E-state index >= 15 is 0 Å². The molecule has 1 fully saturated rings. The molecule has 1 aromatic heterocycles. The molecule has 0 aromatic carbocycles. The molecule has 3 heteroatoms. The van der Waals surface area contributed by atoms with E-state index in [-0.39, 0.29) is 0 Å². The van der Waals surface area contributed by atoms with Crippen LogP contribution in [0.25, 0.3) is 0 Å². The van der Waals surface area contributed by atoms with Crippen LogP contribution in [0.1, 0.15) is 38.7 Å². The molecule has 1 aliphatic rings. The number of aromatic nitrogens is 1. The molecule has 2 rings (SSSR count). The van der Waals surface area contributed by atoms with Crippen molar-refractivity contribution in [2.75, 3.05) is 18.0 Å². The number of anilines is 1. The third-order valence-corrected chi connectivity index (χ3v) is 4.14. The van der Waals surface area contributed by atoms with Gasteiger partial charge >= 0.3 is 0 Å². The first kappa shape index (κ1) is 11.9. The van der Waals surface area contributed by atoms with Gasteiger partial charge in [-0.05, 0) is 36.8 Å². The number of hydrogen-bond acceptors (Lipinski definition) is 3. The minimum absolute atomic E-state index is 0.468. The molecule has 0 spiro atoms. The summed E-state index contributed by atoms with van der Waals surface area (Å²) >= 11 is 0. The van der Waals surface area contributed by atoms with Crippen molar-refractivity contribution in [2.45, 2.75) is 33.1 Å². The molecular weight excluding hydrogens is 210 g/mol. The Bertz CT molecular complexity index is 412. The fraction of sp³-hybridized carbons (Fsp3) is 0.571. The summed E-state index contributed by atoms with van der Waals surface area (Å²) in [6.07, 6.45) is 5.38. The molecule has 0 amide bonds. The topological polar surface area (TPSA) is 39.9 Å². The molecule has 2 heterocycles. The van der Waals surface area contributed by atoms with Crippen LogP contribution in [0.2, 0.25) is 0 Å². The van der Waals surface area contributed by atoms with Gasteiger partial charge in [0.1, 0.15) is 11.9 Å². The van der Waals surface area contributed by atoms with E-state index < -0.39 is 0 Å². The number of pyridine rings is 1. The van der Waals surface area contributed by atoms with Gasteiger partial charge in [0.05, 0.1) is 5.56 Å². The van der Waals surface area contributed by atoms with Gasteiger partial charge in [0.15, 0.2) is 0 Å². The first-order valence-corrected chi connectivity index (χ1v) is 6.34. The largest absolute Gasteiger partial charge is 0.356 e. The van der Waals surface area contributed by atoms with Crippen molar-refractivity contribution in [3.8, 4) is 6.07 Å². The first-order valence-electron chi connectivity index (χ1n) is 6.34. The fourth-order valence-electron chi connectivity index (χ4n) is 2.60. The lowest BCUT2D eigenvalue weighted by Crippen LogP contribution is -2.26. The molecule has 0 bridgehead atoms. The highest BCUT2D eigenvalue weighted by atomic mass is 15.2. The number of rotatable bonds is 3. The minimum Gasteiger partial charge on any atom is -0.356 e. The van der Waals surface area contributed by atoms with Gasteiger partial charge in [0.2, 0.25) is 0 Å². The summed E-state index contributed by atoms with van der Waals surface area (Å²) in [5.74, 6) is 1.01. The van der Waals surface area contributed by atoms with Crippen molar-refractivity contribution in [3.63, 3.8) is 0 Å². The zero-order valence-electron chi connectivity index (χ0n) is 10.6. The molecule has 1 aromatic rings. The van der Waals surface area contributed by atoms with Crippen LogP contribution in [-0.4, -0.2) is 18.1 Å². The van der Waals surface area contributed by atoms with Gasteiger partial charge in [-0.3, -0.25) is 0 Å². The zero-order chi connectivity index (χ0) is 12.3. The fourth-order valence-corrected chi connectivity index (χ4v) is 2.60. The summed E-state index contributed by atoms with van der Waals surface area (Å²) in [6.45, 7) is 6.73. The van der Waals surface area contributed by atoms with Crippen LogP contribution in [0.3, 0.4) is 0 Å². The Hall–Kier alpha value is -1.56. The second-order valence-electron chi connectivity index (χ2n) is 4.90. The summed E-state index contributed by atoms with van der Waals surface area (Å²) in [7, 11) is 0. The van der Waals surface area contributed by atoms with Gasteiger partial charge in [-0.1, -0.05) is 13.8 Å². The Balaban J connectivity index is 2.12. The molecule has 0 radical (unpaired) electrons. The van der Waals surface area contributed by atoms with E-state index in [9.17, 15) is 0 Å². The van der Waals surface area contributed by atoms with Gasteiger partial charge in [-0.2, -0.15) is 5.26 Å². The van der Waals surface area contributed by atoms with Gasteiger partial charge in [0.25, 0.3) is 0 Å². The lowest BCUT2D eigenvalue weighted by molar-refractivity contribution is 0.301. The Morgan fingerprint density at radius 1 is 1.41 bits per heavy atom. The summed E-state index contributed by atoms with van der Waals surface area (Å²) in [5, 5.41) is 8.75. The molecule has 1 saturated heterocycles. The number of nitriles is 1. The summed E-state index contributed by atoms with van der Waals surface area (Å²) < 4.78 is 0. The van der Waals surface area contributed by atoms with Gasteiger partial charge in [0, 0.05) is 19.3 Å². The molecule has 1 aliphatic heterocycles. The standard InChI is InChI=1S/C14H19N3/c1-3-14(4-2)7-8-17(11-14)13-6-5-12(9-15)10-16-13/h5-6,10H,3-4,7-8,11H2,1-2H3. The second-order valence-corrected chi connectivity index (χ2v) is 4.90. The molecule has 0 N–H and O–H groups in total. The normalized spacial score (nSPS) is 18.1. The van der Waals surface area contributed by atoms with Crippen LogP contribution < -0.4 is 4.90 Å². The highest BCUT2D eigenvalue weighted by Crippen LogP contribution is 2.38. The highest BCUT2D eigenvalue weighted by Gasteiger charge is 2.35. The summed E-state index contributed by atoms with van der Waals surface area (Å²) in [6, 6.07) is 5.91. The van der Waals surface area contributed by atoms with E-state index in [0.29, 0.717) is 11.0 Å². The molecule has 0 atom stereocenters. The first-order chi connectivity index (χ1) is 8.23. The lowest BCUT2D eigenvalue weighted by atomic mass is 9.82. The lowest BCUT2D eigenvalue weighted by Gasteiger charge is -2.26. The van der Waals surface area contributed by atoms with Crippen molar-refractivity contribution in [1.29, 1.82) is 5.26 Å². The van der Waals surface area contributed by atoms with Gasteiger partial charge in [-0.25, -0.2) is 4.98 Å². The zero-order valence-corrected chi connectivity index (χ0v) is 10.6. The van der Waals surface area contributed by atoms with Crippen LogP contribution in [0.5, 0.6) is 0 Å². The Labute approximate surface area is 103 Å². The van der Waals surface area contributed by atoms with Crippen LogP contribution >= 0.6 is 0 Å². The molecule has 90 valence electrons. The van der Waals surface area contributed by atoms with Gasteiger partial charge in [-0.15, -0.1) is 0 Å². The van der Waals surface area contributed by atoms with Crippen molar-refractivity contribution in [3.05, 3.63) is 23.9 Å². The molecule has 0 saturated carbocycles. The van der Waals surface area contributed by atoms with Crippen LogP contribution in [0.15, 0.2) is 18.3 Å². The predicted molar refractivity (Wildman–Crippen MR) is 68.8 cm³/mol. The van der Waals surface area contributed by atoms with E-state index in [1.165, 1.54) is 19.3 Å². The Morgan fingerprint density at radius 2 is 2.18 bits per heavy atom. The summed E-state index contributed by atoms with van der Waals surface area (Å²) in [5.41, 5.74) is 1.10. The SMILES string of the molecule is CCC1(CC)CCN(c2ccc(C#N)cn2)C1. The summed E-state index contributed by atoms with van der Waals surface area (Å²) in [4.78, 5) is 6.71. The minimum atomic E-state index is 0.468. The Morgan fingerprint density at radius 3 is 2.65 bits per heavy atom. The van der Waals surface area contributed by atoms with E-state index in [2.05, 4.69) is 29.8 Å². The van der Waals surface area contributed by atoms with E-state index in [0.717, 1.165) is 18.9 Å². The number of nitrogens with zero attached hydrogens (tertiary/aromatic N) is 3. The smallest absolute Gasteiger partial charge is 0.128 e. The average Bonchev–Trinajstić information content (AvgIpc) is 2.84. The van der Waals surface area contributed by atoms with E-state index in [4.69, 9.17) is 5.26 Å². The number of hydrogen-bond donors (Lipinski definition) is 0. The van der Waals surface area contributed by atoms with Crippen molar-refractivity contribution >= 4 is 5.82 Å². The van der Waals surface area contributed by atoms with Crippen molar-refractivity contribution in [2.24, 2.45) is 5.41 Å². The van der Waals surface area contributed by atoms with E-state index in [1.54, 1.807) is 6.20 Å². The van der Waals surface area contributed by atoms with Crippen LogP contribution in [0.4, 0.5) is 5.82 Å². The highest BCUT2D eigenvalue weighted by molar-refractivity contribution is 5.43. The molecule has 3 nitrogen and oxygen atoms in total. The molecular formula is C14H19N3. The maximum Gasteiger partial charge on any atom is 0.128 e. The van der Waals surface area contributed by atoms with E-state index in [1.807, 2.05) is 12.1 Å². The van der Waals surface area contributed by atoms with Crippen LogP contribution in [-0.2, 0) is 0 Å². The molecule has 17 heavy (non-hydrogen) atoms. The van der Waals surface area contributed by atoms with Crippen molar-refractivity contribution in [1.82, 2.24) is 4.98 Å². The third-order valence-electron chi connectivity index (χ3n) is 4.14.